The van der Waals surface area contributed by atoms with Gasteiger partial charge in [0.2, 0.25) is 10.0 Å². The van der Waals surface area contributed by atoms with E-state index in [0.717, 1.165) is 27.1 Å². The van der Waals surface area contributed by atoms with Crippen molar-refractivity contribution in [2.24, 2.45) is 7.05 Å². The Morgan fingerprint density at radius 3 is 2.40 bits per heavy atom. The number of rotatable bonds is 5. The number of nitrogens with zero attached hydrogens (tertiary/aromatic N) is 3. The largest absolute Gasteiger partial charge is 0.312 e. The van der Waals surface area contributed by atoms with E-state index in [1.54, 1.807) is 18.5 Å². The van der Waals surface area contributed by atoms with Crippen molar-refractivity contribution >= 4 is 44.2 Å². The summed E-state index contributed by atoms with van der Waals surface area (Å²) in [4.78, 5) is 0.178. The van der Waals surface area contributed by atoms with E-state index in [4.69, 9.17) is 11.6 Å². The molecule has 0 aliphatic heterocycles. The third kappa shape index (κ3) is 3.30. The molecular weight excluding hydrogens is 440 g/mol. The van der Waals surface area contributed by atoms with Crippen molar-refractivity contribution < 1.29 is 8.42 Å². The van der Waals surface area contributed by atoms with Crippen molar-refractivity contribution in [3.8, 4) is 0 Å². The molecule has 9 heteroatoms. The molecule has 0 radical (unpaired) electrons. The first-order valence-corrected chi connectivity index (χ1v) is 12.0. The van der Waals surface area contributed by atoms with Crippen LogP contribution in [0.15, 0.2) is 77.0 Å². The Hall–Kier alpha value is -2.39. The summed E-state index contributed by atoms with van der Waals surface area (Å²) in [5, 5.41) is 11.3. The first kappa shape index (κ1) is 19.6. The van der Waals surface area contributed by atoms with Crippen LogP contribution in [0.3, 0.4) is 0 Å². The number of nitrogens with one attached hydrogen (secondary N) is 1. The van der Waals surface area contributed by atoms with Gasteiger partial charge in [-0.2, -0.15) is 0 Å². The first-order chi connectivity index (χ1) is 14.4. The van der Waals surface area contributed by atoms with Crippen LogP contribution in [-0.4, -0.2) is 23.2 Å². The van der Waals surface area contributed by atoms with Crippen LogP contribution in [0.5, 0.6) is 0 Å². The number of benzene rings is 3. The van der Waals surface area contributed by atoms with Crippen molar-refractivity contribution in [2.75, 3.05) is 0 Å². The first-order valence-electron chi connectivity index (χ1n) is 9.24. The maximum atomic E-state index is 13.2. The van der Waals surface area contributed by atoms with Crippen LogP contribution in [0, 0.1) is 0 Å². The lowest BCUT2D eigenvalue weighted by molar-refractivity contribution is 0.557. The van der Waals surface area contributed by atoms with Crippen molar-refractivity contribution in [3.05, 3.63) is 83.1 Å². The third-order valence-corrected chi connectivity index (χ3v) is 8.29. The molecule has 5 rings (SSSR count). The van der Waals surface area contributed by atoms with Gasteiger partial charge < -0.3 is 4.57 Å². The van der Waals surface area contributed by atoms with Crippen molar-refractivity contribution in [1.29, 1.82) is 0 Å². The molecule has 152 valence electrons. The molecule has 1 aliphatic carbocycles. The number of halogens is 1. The standard InChI is InChI=1S/C21H17ClN4O2S2/c1-26-12-23-24-21(26)29-20-17-7-3-5-13-4-2-6-16(18(13)17)19(20)25-30(27,28)15-10-8-14(22)9-11-15/h2-12,19-20,25H,1H3/t19-,20-/m1/s1. The van der Waals surface area contributed by atoms with E-state index in [0.29, 0.717) is 5.02 Å². The minimum Gasteiger partial charge on any atom is -0.312 e. The fourth-order valence-electron chi connectivity index (χ4n) is 3.84. The summed E-state index contributed by atoms with van der Waals surface area (Å²) < 4.78 is 31.1. The van der Waals surface area contributed by atoms with Crippen LogP contribution in [0.1, 0.15) is 22.4 Å². The smallest absolute Gasteiger partial charge is 0.241 e. The Labute approximate surface area is 183 Å². The van der Waals surface area contributed by atoms with E-state index in [9.17, 15) is 8.42 Å². The van der Waals surface area contributed by atoms with Gasteiger partial charge in [0.15, 0.2) is 5.16 Å². The fraction of sp³-hybridized carbons (Fsp3) is 0.143. The van der Waals surface area contributed by atoms with Gasteiger partial charge in [-0.3, -0.25) is 0 Å². The Kier molecular flexibility index (Phi) is 4.82. The summed E-state index contributed by atoms with van der Waals surface area (Å²) in [7, 11) is -1.89. The Morgan fingerprint density at radius 2 is 1.73 bits per heavy atom. The van der Waals surface area contributed by atoms with Crippen LogP contribution in [0.2, 0.25) is 5.02 Å². The highest BCUT2D eigenvalue weighted by Crippen LogP contribution is 2.52. The lowest BCUT2D eigenvalue weighted by Crippen LogP contribution is -2.30. The Morgan fingerprint density at radius 1 is 1.03 bits per heavy atom. The molecule has 0 unspecified atom stereocenters. The molecule has 6 nitrogen and oxygen atoms in total. The van der Waals surface area contributed by atoms with E-state index in [1.165, 1.54) is 23.9 Å². The molecule has 1 N–H and O–H groups in total. The highest BCUT2D eigenvalue weighted by Gasteiger charge is 2.38. The van der Waals surface area contributed by atoms with Crippen molar-refractivity contribution in [2.45, 2.75) is 21.3 Å². The second kappa shape index (κ2) is 7.39. The average Bonchev–Trinajstić information content (AvgIpc) is 3.26. The van der Waals surface area contributed by atoms with E-state index in [1.807, 2.05) is 41.9 Å². The third-order valence-electron chi connectivity index (χ3n) is 5.22. The van der Waals surface area contributed by atoms with Gasteiger partial charge in [0.1, 0.15) is 6.33 Å². The molecule has 0 fully saturated rings. The summed E-state index contributed by atoms with van der Waals surface area (Å²) >= 11 is 7.43. The SMILES string of the molecule is Cn1cnnc1S[C@@H]1c2cccc3cccc(c23)[C@H]1NS(=O)(=O)c1ccc(Cl)cc1. The van der Waals surface area contributed by atoms with Gasteiger partial charge in [0, 0.05) is 12.1 Å². The minimum absolute atomic E-state index is 0.178. The normalized spacial score (nSPS) is 18.2. The lowest BCUT2D eigenvalue weighted by Gasteiger charge is -2.22. The topological polar surface area (TPSA) is 76.9 Å². The summed E-state index contributed by atoms with van der Waals surface area (Å²) in [5.41, 5.74) is 2.04. The zero-order chi connectivity index (χ0) is 20.9. The fourth-order valence-corrected chi connectivity index (χ4v) is 6.49. The molecule has 0 saturated carbocycles. The second-order valence-electron chi connectivity index (χ2n) is 7.11. The van der Waals surface area contributed by atoms with E-state index in [2.05, 4.69) is 21.0 Å². The van der Waals surface area contributed by atoms with Gasteiger partial charge in [0.05, 0.1) is 16.2 Å². The van der Waals surface area contributed by atoms with Crippen LogP contribution < -0.4 is 4.72 Å². The van der Waals surface area contributed by atoms with Gasteiger partial charge in [-0.05, 0) is 46.2 Å². The lowest BCUT2D eigenvalue weighted by atomic mass is 10.1. The highest BCUT2D eigenvalue weighted by molar-refractivity contribution is 7.99. The number of sulfonamides is 1. The van der Waals surface area contributed by atoms with E-state index in [-0.39, 0.29) is 10.1 Å². The van der Waals surface area contributed by atoms with Crippen LogP contribution in [0.4, 0.5) is 0 Å². The molecule has 30 heavy (non-hydrogen) atoms. The molecule has 0 bridgehead atoms. The molecule has 0 saturated heterocycles. The molecule has 1 heterocycles. The van der Waals surface area contributed by atoms with E-state index >= 15 is 0 Å². The predicted molar refractivity (Wildman–Crippen MR) is 118 cm³/mol. The number of aryl methyl sites for hydroxylation is 1. The average molecular weight is 457 g/mol. The molecule has 4 aromatic rings. The highest BCUT2D eigenvalue weighted by atomic mass is 35.5. The molecule has 1 aliphatic rings. The molecule has 2 atom stereocenters. The Balaban J connectivity index is 1.60. The number of hydrogen-bond donors (Lipinski definition) is 1. The monoisotopic (exact) mass is 456 g/mol. The molecule has 3 aromatic carbocycles. The van der Waals surface area contributed by atoms with Gasteiger partial charge in [-0.1, -0.05) is 59.8 Å². The molecule has 0 amide bonds. The van der Waals surface area contributed by atoms with Crippen LogP contribution in [-0.2, 0) is 17.1 Å². The van der Waals surface area contributed by atoms with E-state index < -0.39 is 16.1 Å². The summed E-state index contributed by atoms with van der Waals surface area (Å²) in [6.45, 7) is 0. The zero-order valence-electron chi connectivity index (χ0n) is 15.9. The quantitative estimate of drug-likeness (QED) is 0.478. The second-order valence-corrected chi connectivity index (χ2v) is 10.4. The summed E-state index contributed by atoms with van der Waals surface area (Å²) in [6.07, 6.45) is 1.64. The number of hydrogen-bond acceptors (Lipinski definition) is 5. The van der Waals surface area contributed by atoms with Gasteiger partial charge in [-0.25, -0.2) is 13.1 Å². The Bertz CT molecular complexity index is 1350. The maximum absolute atomic E-state index is 13.2. The molecular formula is C21H17ClN4O2S2. The number of aromatic nitrogens is 3. The minimum atomic E-state index is -3.76. The van der Waals surface area contributed by atoms with Crippen LogP contribution >= 0.6 is 23.4 Å². The predicted octanol–water partition coefficient (Wildman–Crippen LogP) is 4.49. The van der Waals surface area contributed by atoms with Crippen molar-refractivity contribution in [3.63, 3.8) is 0 Å². The van der Waals surface area contributed by atoms with Crippen LogP contribution in [0.25, 0.3) is 10.8 Å². The zero-order valence-corrected chi connectivity index (χ0v) is 18.2. The molecule has 0 spiro atoms. The summed E-state index contributed by atoms with van der Waals surface area (Å²) in [6, 6.07) is 17.8. The van der Waals surface area contributed by atoms with Gasteiger partial charge in [0.25, 0.3) is 0 Å². The van der Waals surface area contributed by atoms with Gasteiger partial charge in [-0.15, -0.1) is 10.2 Å². The molecule has 1 aromatic heterocycles. The summed E-state index contributed by atoms with van der Waals surface area (Å²) in [5.74, 6) is 0. The van der Waals surface area contributed by atoms with Gasteiger partial charge >= 0.3 is 0 Å². The maximum Gasteiger partial charge on any atom is 0.241 e. The van der Waals surface area contributed by atoms with Crippen molar-refractivity contribution in [1.82, 2.24) is 19.5 Å². The number of thioether (sulfide) groups is 1.